The summed E-state index contributed by atoms with van der Waals surface area (Å²) in [6, 6.07) is 6.66. The Morgan fingerprint density at radius 2 is 1.90 bits per heavy atom. The number of unbranched alkanes of at least 4 members (excludes halogenated alkanes) is 1. The molecule has 1 atom stereocenters. The fraction of sp³-hybridized carbons (Fsp3) is 0.667. The lowest BCUT2D eigenvalue weighted by Gasteiger charge is -2.27. The Kier molecular flexibility index (Phi) is 9.95. The molecule has 0 bridgehead atoms. The van der Waals surface area contributed by atoms with E-state index in [1.807, 2.05) is 6.92 Å². The first kappa shape index (κ1) is 24.2. The molecule has 29 heavy (non-hydrogen) atoms. The minimum absolute atomic E-state index is 0.00275. The zero-order chi connectivity index (χ0) is 21.3. The Balaban J connectivity index is 2.11. The molecule has 1 heterocycles. The lowest BCUT2D eigenvalue weighted by atomic mass is 10.3. The van der Waals surface area contributed by atoms with Crippen LogP contribution in [0.15, 0.2) is 29.2 Å². The standard InChI is InChI=1S/C21H34N2O4S2/c1-4-5-16-27-20-8-10-21(11-9-20)29(25,26)23(17-18(2)28-19(3)24)15-14-22-12-6-7-13-22/h8-11,18H,4-7,12-17H2,1-3H3. The number of benzene rings is 1. The minimum atomic E-state index is -3.64. The van der Waals surface area contributed by atoms with Crippen molar-refractivity contribution in [1.29, 1.82) is 0 Å². The maximum atomic E-state index is 13.3. The third-order valence-corrected chi connectivity index (χ3v) is 7.68. The van der Waals surface area contributed by atoms with E-state index in [0.29, 0.717) is 25.4 Å². The van der Waals surface area contributed by atoms with Gasteiger partial charge in [-0.05, 0) is 56.6 Å². The molecule has 1 aromatic carbocycles. The molecule has 8 heteroatoms. The van der Waals surface area contributed by atoms with Gasteiger partial charge >= 0.3 is 0 Å². The molecule has 164 valence electrons. The van der Waals surface area contributed by atoms with Crippen LogP contribution in [0.3, 0.4) is 0 Å². The molecule has 0 aromatic heterocycles. The summed E-state index contributed by atoms with van der Waals surface area (Å²) in [5.41, 5.74) is 0. The third kappa shape index (κ3) is 7.92. The second-order valence-electron chi connectivity index (χ2n) is 7.51. The molecule has 1 fully saturated rings. The van der Waals surface area contributed by atoms with E-state index >= 15 is 0 Å². The van der Waals surface area contributed by atoms with Crippen molar-refractivity contribution in [3.05, 3.63) is 24.3 Å². The molecule has 1 aliphatic rings. The van der Waals surface area contributed by atoms with E-state index in [4.69, 9.17) is 4.74 Å². The van der Waals surface area contributed by atoms with Crippen molar-refractivity contribution in [3.63, 3.8) is 0 Å². The van der Waals surface area contributed by atoms with Crippen molar-refractivity contribution >= 4 is 26.9 Å². The van der Waals surface area contributed by atoms with Crippen LogP contribution in [0.1, 0.15) is 46.5 Å². The third-order valence-electron chi connectivity index (χ3n) is 4.92. The van der Waals surface area contributed by atoms with Crippen LogP contribution in [-0.2, 0) is 14.8 Å². The fourth-order valence-electron chi connectivity index (χ4n) is 3.37. The summed E-state index contributed by atoms with van der Waals surface area (Å²) >= 11 is 1.19. The molecule has 1 saturated heterocycles. The summed E-state index contributed by atoms with van der Waals surface area (Å²) in [6.45, 7) is 9.65. The molecule has 0 saturated carbocycles. The molecule has 0 aliphatic carbocycles. The molecule has 1 aromatic rings. The zero-order valence-corrected chi connectivity index (χ0v) is 19.4. The maximum absolute atomic E-state index is 13.3. The van der Waals surface area contributed by atoms with Gasteiger partial charge in [0.25, 0.3) is 0 Å². The van der Waals surface area contributed by atoms with Crippen LogP contribution in [0, 0.1) is 0 Å². The Morgan fingerprint density at radius 1 is 1.24 bits per heavy atom. The van der Waals surface area contributed by atoms with Gasteiger partial charge in [0.1, 0.15) is 5.75 Å². The fourth-order valence-corrected chi connectivity index (χ4v) is 5.80. The SMILES string of the molecule is CCCCOc1ccc(S(=O)(=O)N(CCN2CCCC2)CC(C)SC(C)=O)cc1. The summed E-state index contributed by atoms with van der Waals surface area (Å²) in [4.78, 5) is 14.0. The van der Waals surface area contributed by atoms with Crippen molar-refractivity contribution in [3.8, 4) is 5.75 Å². The number of carbonyl (C=O) groups is 1. The molecule has 1 aliphatic heterocycles. The maximum Gasteiger partial charge on any atom is 0.243 e. The highest BCUT2D eigenvalue weighted by atomic mass is 32.2. The van der Waals surface area contributed by atoms with Gasteiger partial charge in [-0.15, -0.1) is 0 Å². The van der Waals surface area contributed by atoms with Crippen molar-refractivity contribution in [2.75, 3.05) is 39.3 Å². The highest BCUT2D eigenvalue weighted by Gasteiger charge is 2.27. The summed E-state index contributed by atoms with van der Waals surface area (Å²) in [5.74, 6) is 0.682. The number of hydrogen-bond acceptors (Lipinski definition) is 6. The average Bonchev–Trinajstić information content (AvgIpc) is 3.18. The van der Waals surface area contributed by atoms with Gasteiger partial charge in [-0.2, -0.15) is 4.31 Å². The molecule has 0 spiro atoms. The number of ether oxygens (including phenoxy) is 1. The number of nitrogens with zero attached hydrogens (tertiary/aromatic N) is 2. The van der Waals surface area contributed by atoms with E-state index in [0.717, 1.165) is 32.5 Å². The molecule has 1 unspecified atom stereocenters. The van der Waals surface area contributed by atoms with Crippen LogP contribution in [0.4, 0.5) is 0 Å². The quantitative estimate of drug-likeness (QED) is 0.461. The van der Waals surface area contributed by atoms with Gasteiger partial charge in [-0.25, -0.2) is 8.42 Å². The normalized spacial score (nSPS) is 16.3. The largest absolute Gasteiger partial charge is 0.494 e. The molecular weight excluding hydrogens is 408 g/mol. The molecule has 0 N–H and O–H groups in total. The monoisotopic (exact) mass is 442 g/mol. The number of likely N-dealkylation sites (tertiary alicyclic amines) is 1. The van der Waals surface area contributed by atoms with Gasteiger partial charge in [-0.3, -0.25) is 4.79 Å². The van der Waals surface area contributed by atoms with Gasteiger partial charge in [0.15, 0.2) is 5.12 Å². The summed E-state index contributed by atoms with van der Waals surface area (Å²) in [6.07, 6.45) is 4.36. The van der Waals surface area contributed by atoms with Crippen molar-refractivity contribution in [2.24, 2.45) is 0 Å². The van der Waals surface area contributed by atoms with E-state index < -0.39 is 10.0 Å². The van der Waals surface area contributed by atoms with Crippen LogP contribution in [0.2, 0.25) is 0 Å². The van der Waals surface area contributed by atoms with E-state index in [-0.39, 0.29) is 15.3 Å². The number of carbonyl (C=O) groups excluding carboxylic acids is 1. The Labute approximate surface area is 180 Å². The van der Waals surface area contributed by atoms with E-state index in [1.54, 1.807) is 24.3 Å². The van der Waals surface area contributed by atoms with Gasteiger partial charge in [0.05, 0.1) is 11.5 Å². The zero-order valence-electron chi connectivity index (χ0n) is 17.8. The van der Waals surface area contributed by atoms with Crippen LogP contribution in [-0.4, -0.2) is 67.3 Å². The predicted molar refractivity (Wildman–Crippen MR) is 119 cm³/mol. The Morgan fingerprint density at radius 3 is 2.48 bits per heavy atom. The molecule has 6 nitrogen and oxygen atoms in total. The first-order chi connectivity index (χ1) is 13.8. The van der Waals surface area contributed by atoms with E-state index in [9.17, 15) is 13.2 Å². The van der Waals surface area contributed by atoms with Crippen molar-refractivity contribution < 1.29 is 17.9 Å². The van der Waals surface area contributed by atoms with Crippen LogP contribution < -0.4 is 4.74 Å². The lowest BCUT2D eigenvalue weighted by molar-refractivity contribution is -0.109. The number of thioether (sulfide) groups is 1. The predicted octanol–water partition coefficient (Wildman–Crippen LogP) is 3.62. The van der Waals surface area contributed by atoms with Gasteiger partial charge in [0, 0.05) is 31.8 Å². The topological polar surface area (TPSA) is 66.9 Å². The van der Waals surface area contributed by atoms with Crippen LogP contribution in [0.5, 0.6) is 5.75 Å². The van der Waals surface area contributed by atoms with Crippen LogP contribution in [0.25, 0.3) is 0 Å². The second kappa shape index (κ2) is 11.9. The highest BCUT2D eigenvalue weighted by molar-refractivity contribution is 8.14. The molecular formula is C21H34N2O4S2. The number of sulfonamides is 1. The summed E-state index contributed by atoms with van der Waals surface area (Å²) in [5, 5.41) is -0.0968. The van der Waals surface area contributed by atoms with E-state index in [2.05, 4.69) is 11.8 Å². The van der Waals surface area contributed by atoms with Crippen molar-refractivity contribution in [1.82, 2.24) is 9.21 Å². The first-order valence-electron chi connectivity index (χ1n) is 10.5. The number of rotatable bonds is 12. The van der Waals surface area contributed by atoms with Crippen molar-refractivity contribution in [2.45, 2.75) is 56.6 Å². The molecule has 0 radical (unpaired) electrons. The lowest BCUT2D eigenvalue weighted by Crippen LogP contribution is -2.41. The summed E-state index contributed by atoms with van der Waals surface area (Å²) < 4.78 is 33.8. The highest BCUT2D eigenvalue weighted by Crippen LogP contribution is 2.23. The van der Waals surface area contributed by atoms with Crippen LogP contribution >= 0.6 is 11.8 Å². The minimum Gasteiger partial charge on any atom is -0.494 e. The summed E-state index contributed by atoms with van der Waals surface area (Å²) in [7, 11) is -3.64. The van der Waals surface area contributed by atoms with Gasteiger partial charge in [-0.1, -0.05) is 32.0 Å². The molecule has 2 rings (SSSR count). The Hall–Kier alpha value is -1.09. The second-order valence-corrected chi connectivity index (χ2v) is 11.1. The Bertz CT molecular complexity index is 732. The first-order valence-corrected chi connectivity index (χ1v) is 12.8. The number of hydrogen-bond donors (Lipinski definition) is 0. The van der Waals surface area contributed by atoms with Gasteiger partial charge in [0.2, 0.25) is 10.0 Å². The molecule has 0 amide bonds. The van der Waals surface area contributed by atoms with Gasteiger partial charge < -0.3 is 9.64 Å². The average molecular weight is 443 g/mol. The van der Waals surface area contributed by atoms with E-state index in [1.165, 1.54) is 35.8 Å². The smallest absolute Gasteiger partial charge is 0.243 e.